The predicted molar refractivity (Wildman–Crippen MR) is 93.8 cm³/mol. The van der Waals surface area contributed by atoms with Crippen molar-refractivity contribution in [2.45, 2.75) is 40.7 Å². The number of Topliss-reactive ketones (excluding diaryl/α,β-unsaturated/α-hetero) is 1. The Hall–Kier alpha value is -2.20. The third kappa shape index (κ3) is 3.82. The van der Waals surface area contributed by atoms with Crippen molar-refractivity contribution >= 4 is 23.4 Å². The number of carbonyl (C=O) groups excluding carboxylic acids is 2. The van der Waals surface area contributed by atoms with E-state index in [0.29, 0.717) is 16.8 Å². The van der Waals surface area contributed by atoms with E-state index in [9.17, 15) is 9.59 Å². The van der Waals surface area contributed by atoms with Crippen molar-refractivity contribution in [2.24, 2.45) is 0 Å². The lowest BCUT2D eigenvalue weighted by Crippen LogP contribution is -2.25. The normalized spacial score (nSPS) is 11.9. The van der Waals surface area contributed by atoms with Gasteiger partial charge in [-0.15, -0.1) is 0 Å². The Morgan fingerprint density at radius 2 is 1.75 bits per heavy atom. The lowest BCUT2D eigenvalue weighted by atomic mass is 9.99. The Labute approximate surface area is 146 Å². The molecule has 0 fully saturated rings. The number of aryl methyl sites for hydroxylation is 4. The molecule has 0 aliphatic heterocycles. The van der Waals surface area contributed by atoms with Gasteiger partial charge in [-0.3, -0.25) is 4.79 Å². The minimum atomic E-state index is -0.908. The number of rotatable bonds is 4. The molecule has 24 heavy (non-hydrogen) atoms. The minimum Gasteiger partial charge on any atom is -0.451 e. The zero-order chi connectivity index (χ0) is 18.0. The molecule has 0 N–H and O–H groups in total. The zero-order valence-corrected chi connectivity index (χ0v) is 15.2. The molecule has 0 amide bonds. The molecule has 0 unspecified atom stereocenters. The highest BCUT2D eigenvalue weighted by Crippen LogP contribution is 2.21. The maximum Gasteiger partial charge on any atom is 0.342 e. The fourth-order valence-electron chi connectivity index (χ4n) is 2.53. The summed E-state index contributed by atoms with van der Waals surface area (Å²) in [5.74, 6) is -0.880. The van der Waals surface area contributed by atoms with Gasteiger partial charge in [-0.1, -0.05) is 29.3 Å². The molecule has 0 aliphatic carbocycles. The number of halogens is 1. The summed E-state index contributed by atoms with van der Waals surface area (Å²) in [6.07, 6.45) is -0.908. The Kier molecular flexibility index (Phi) is 5.40. The number of hydrogen-bond acceptors (Lipinski definition) is 4. The van der Waals surface area contributed by atoms with E-state index in [2.05, 4.69) is 4.98 Å². The van der Waals surface area contributed by atoms with Crippen LogP contribution in [-0.2, 0) is 4.74 Å². The Morgan fingerprint density at radius 3 is 2.38 bits per heavy atom. The molecule has 0 bridgehead atoms. The summed E-state index contributed by atoms with van der Waals surface area (Å²) in [6.45, 7) is 8.88. The van der Waals surface area contributed by atoms with E-state index in [0.717, 1.165) is 11.1 Å². The summed E-state index contributed by atoms with van der Waals surface area (Å²) in [5, 5.41) is 0.0869. The van der Waals surface area contributed by atoms with E-state index in [4.69, 9.17) is 16.3 Å². The summed E-state index contributed by atoms with van der Waals surface area (Å²) in [7, 11) is 0. The molecular formula is C19H20ClNO3. The quantitative estimate of drug-likeness (QED) is 0.468. The molecule has 1 aromatic heterocycles. The van der Waals surface area contributed by atoms with Crippen LogP contribution >= 0.6 is 11.6 Å². The van der Waals surface area contributed by atoms with Gasteiger partial charge in [0.25, 0.3) is 0 Å². The SMILES string of the molecule is Cc1ccc(C)c(C(=O)[C@@H](C)OC(=O)c2c(C)cc(C)nc2Cl)c1. The molecule has 0 saturated heterocycles. The number of pyridine rings is 1. The van der Waals surface area contributed by atoms with Crippen molar-refractivity contribution in [1.82, 2.24) is 4.98 Å². The lowest BCUT2D eigenvalue weighted by Gasteiger charge is -2.15. The highest BCUT2D eigenvalue weighted by atomic mass is 35.5. The summed E-state index contributed by atoms with van der Waals surface area (Å²) in [4.78, 5) is 29.1. The second-order valence-electron chi connectivity index (χ2n) is 5.98. The second kappa shape index (κ2) is 7.14. The maximum absolute atomic E-state index is 12.6. The number of ketones is 1. The first kappa shape index (κ1) is 18.1. The molecule has 2 aromatic rings. The van der Waals surface area contributed by atoms with Crippen LogP contribution in [0.1, 0.15) is 50.0 Å². The zero-order valence-electron chi connectivity index (χ0n) is 14.4. The van der Waals surface area contributed by atoms with E-state index in [1.165, 1.54) is 0 Å². The van der Waals surface area contributed by atoms with Crippen molar-refractivity contribution in [2.75, 3.05) is 0 Å². The average Bonchev–Trinajstić information content (AvgIpc) is 2.47. The fraction of sp³-hybridized carbons (Fsp3) is 0.316. The molecule has 5 heteroatoms. The standard InChI is InChI=1S/C19H20ClNO3/c1-10-6-7-11(2)15(8-10)17(22)14(5)24-19(23)16-12(3)9-13(4)21-18(16)20/h6-9,14H,1-5H3/t14-/m1/s1. The van der Waals surface area contributed by atoms with Gasteiger partial charge in [0.1, 0.15) is 5.15 Å². The number of ether oxygens (including phenoxy) is 1. The van der Waals surface area contributed by atoms with Crippen LogP contribution < -0.4 is 0 Å². The highest BCUT2D eigenvalue weighted by Gasteiger charge is 2.24. The van der Waals surface area contributed by atoms with Gasteiger partial charge in [-0.25, -0.2) is 9.78 Å². The predicted octanol–water partition coefficient (Wildman–Crippen LogP) is 4.40. The number of esters is 1. The van der Waals surface area contributed by atoms with Crippen molar-refractivity contribution in [1.29, 1.82) is 0 Å². The fourth-order valence-corrected chi connectivity index (χ4v) is 2.89. The third-order valence-corrected chi connectivity index (χ3v) is 4.09. The Balaban J connectivity index is 2.23. The van der Waals surface area contributed by atoms with Crippen LogP contribution in [0.25, 0.3) is 0 Å². The lowest BCUT2D eigenvalue weighted by molar-refractivity contribution is 0.0317. The first-order valence-corrected chi connectivity index (χ1v) is 8.04. The first-order valence-electron chi connectivity index (χ1n) is 7.67. The average molecular weight is 346 g/mol. The topological polar surface area (TPSA) is 56.3 Å². The van der Waals surface area contributed by atoms with Crippen molar-refractivity contribution in [3.8, 4) is 0 Å². The van der Waals surface area contributed by atoms with Gasteiger partial charge < -0.3 is 4.74 Å². The molecule has 2 rings (SSSR count). The smallest absolute Gasteiger partial charge is 0.342 e. The number of aromatic nitrogens is 1. The van der Waals surface area contributed by atoms with Gasteiger partial charge in [0.2, 0.25) is 5.78 Å². The molecule has 1 heterocycles. The molecule has 4 nitrogen and oxygen atoms in total. The molecule has 0 spiro atoms. The largest absolute Gasteiger partial charge is 0.451 e. The molecule has 126 valence electrons. The molecule has 0 aliphatic rings. The van der Waals surface area contributed by atoms with E-state index in [1.54, 1.807) is 32.9 Å². The van der Waals surface area contributed by atoms with Gasteiger partial charge in [-0.05, 0) is 57.9 Å². The summed E-state index contributed by atoms with van der Waals surface area (Å²) >= 11 is 6.06. The van der Waals surface area contributed by atoms with Gasteiger partial charge in [-0.2, -0.15) is 0 Å². The Morgan fingerprint density at radius 1 is 1.08 bits per heavy atom. The van der Waals surface area contributed by atoms with Gasteiger partial charge in [0.15, 0.2) is 6.10 Å². The van der Waals surface area contributed by atoms with Crippen LogP contribution in [0.2, 0.25) is 5.15 Å². The van der Waals surface area contributed by atoms with Crippen LogP contribution in [0.15, 0.2) is 24.3 Å². The molecule has 1 aromatic carbocycles. The van der Waals surface area contributed by atoms with Crippen molar-refractivity contribution in [3.05, 3.63) is 62.9 Å². The number of benzene rings is 1. The maximum atomic E-state index is 12.6. The van der Waals surface area contributed by atoms with Crippen LogP contribution in [0.4, 0.5) is 0 Å². The van der Waals surface area contributed by atoms with Crippen LogP contribution in [0.3, 0.4) is 0 Å². The molecule has 0 radical (unpaired) electrons. The summed E-state index contributed by atoms with van der Waals surface area (Å²) in [5.41, 5.74) is 3.96. The minimum absolute atomic E-state index is 0.0869. The van der Waals surface area contributed by atoms with Gasteiger partial charge >= 0.3 is 5.97 Å². The number of hydrogen-bond donors (Lipinski definition) is 0. The van der Waals surface area contributed by atoms with E-state index >= 15 is 0 Å². The van der Waals surface area contributed by atoms with Gasteiger partial charge in [0.05, 0.1) is 5.56 Å². The van der Waals surface area contributed by atoms with Crippen LogP contribution in [-0.4, -0.2) is 22.8 Å². The van der Waals surface area contributed by atoms with E-state index in [1.807, 2.05) is 26.0 Å². The van der Waals surface area contributed by atoms with Crippen LogP contribution in [0, 0.1) is 27.7 Å². The second-order valence-corrected chi connectivity index (χ2v) is 6.33. The van der Waals surface area contributed by atoms with Gasteiger partial charge in [0, 0.05) is 11.3 Å². The molecule has 1 atom stereocenters. The highest BCUT2D eigenvalue weighted by molar-refractivity contribution is 6.32. The Bertz CT molecular complexity index is 791. The monoisotopic (exact) mass is 345 g/mol. The number of carbonyl (C=O) groups is 2. The summed E-state index contributed by atoms with van der Waals surface area (Å²) in [6, 6.07) is 7.36. The first-order chi connectivity index (χ1) is 11.2. The molecule has 0 saturated carbocycles. The molecular weight excluding hydrogens is 326 g/mol. The number of nitrogens with zero attached hydrogens (tertiary/aromatic N) is 1. The third-order valence-electron chi connectivity index (χ3n) is 3.82. The van der Waals surface area contributed by atoms with E-state index < -0.39 is 12.1 Å². The van der Waals surface area contributed by atoms with Crippen molar-refractivity contribution in [3.63, 3.8) is 0 Å². The van der Waals surface area contributed by atoms with E-state index in [-0.39, 0.29) is 16.5 Å². The van der Waals surface area contributed by atoms with Crippen LogP contribution in [0.5, 0.6) is 0 Å². The summed E-state index contributed by atoms with van der Waals surface area (Å²) < 4.78 is 5.34. The van der Waals surface area contributed by atoms with Crippen molar-refractivity contribution < 1.29 is 14.3 Å².